The Balaban J connectivity index is 1.39. The van der Waals surface area contributed by atoms with Crippen LogP contribution in [0.1, 0.15) is 57.4 Å². The van der Waals surface area contributed by atoms with E-state index in [2.05, 4.69) is 0 Å². The molecule has 0 spiro atoms. The Morgan fingerprint density at radius 1 is 0.471 bits per heavy atom. The Kier molecular flexibility index (Phi) is 5.94. The van der Waals surface area contributed by atoms with Crippen molar-refractivity contribution in [1.82, 2.24) is 0 Å². The van der Waals surface area contributed by atoms with E-state index < -0.39 is 24.0 Å². The molecule has 2 aliphatic heterocycles. The van der Waals surface area contributed by atoms with Gasteiger partial charge in [-0.1, -0.05) is 24.3 Å². The lowest BCUT2D eigenvalue weighted by atomic mass is 9.76. The normalized spacial score (nSPS) is 19.4. The molecule has 0 radical (unpaired) electrons. The summed E-state index contributed by atoms with van der Waals surface area (Å²) in [6.45, 7) is 0. The van der Waals surface area contributed by atoms with Gasteiger partial charge < -0.3 is 44.5 Å². The van der Waals surface area contributed by atoms with Crippen LogP contribution >= 0.6 is 0 Å². The first-order valence-corrected chi connectivity index (χ1v) is 16.5. The van der Waals surface area contributed by atoms with Crippen molar-refractivity contribution in [3.8, 4) is 68.4 Å². The minimum Gasteiger partial charge on any atom is -0.508 e. The Morgan fingerprint density at radius 3 is 1.80 bits per heavy atom. The maximum atomic E-state index is 11.3. The van der Waals surface area contributed by atoms with Crippen molar-refractivity contribution in [3.05, 3.63) is 143 Å². The molecule has 0 amide bonds. The number of furan rings is 1. The topological polar surface area (TPSA) is 153 Å². The molecule has 250 valence electrons. The molecule has 9 heteroatoms. The predicted octanol–water partition coefficient (Wildman–Crippen LogP) is 8.85. The van der Waals surface area contributed by atoms with E-state index in [1.165, 1.54) is 0 Å². The summed E-state index contributed by atoms with van der Waals surface area (Å²) in [6.07, 6.45) is -1.37. The van der Waals surface area contributed by atoms with Crippen molar-refractivity contribution in [2.24, 2.45) is 0 Å². The molecule has 4 atom stereocenters. The van der Waals surface area contributed by atoms with Gasteiger partial charge in [0.05, 0.1) is 11.8 Å². The zero-order chi connectivity index (χ0) is 34.7. The molecule has 4 unspecified atom stereocenters. The lowest BCUT2D eigenvalue weighted by molar-refractivity contribution is 0.220. The Bertz CT molecular complexity index is 2570. The van der Waals surface area contributed by atoms with E-state index in [9.17, 15) is 30.6 Å². The van der Waals surface area contributed by atoms with Crippen LogP contribution in [-0.4, -0.2) is 30.6 Å². The van der Waals surface area contributed by atoms with E-state index in [0.29, 0.717) is 61.6 Å². The maximum Gasteiger partial charge on any atom is 0.143 e. The molecule has 0 saturated heterocycles. The van der Waals surface area contributed by atoms with Gasteiger partial charge in [-0.25, -0.2) is 0 Å². The van der Waals surface area contributed by atoms with Gasteiger partial charge in [-0.2, -0.15) is 0 Å². The molecule has 1 aromatic heterocycles. The SMILES string of the molecule is Oc1ccc(-c2oc3cc(O)cc4c3c2-c2cc(O)cc3c2C(c2cc(O)cc5c2C4C(c2cccc(O)c2)O5)C(c2ccc(O)cc2)O3)cc1. The predicted molar refractivity (Wildman–Crippen MR) is 187 cm³/mol. The molecule has 3 aliphatic rings. The van der Waals surface area contributed by atoms with Crippen LogP contribution in [0.15, 0.2) is 114 Å². The van der Waals surface area contributed by atoms with E-state index in [4.69, 9.17) is 13.9 Å². The van der Waals surface area contributed by atoms with Gasteiger partial charge in [-0.05, 0) is 94.5 Å². The summed E-state index contributed by atoms with van der Waals surface area (Å²) in [6, 6.07) is 30.0. The smallest absolute Gasteiger partial charge is 0.143 e. The van der Waals surface area contributed by atoms with Crippen molar-refractivity contribution in [1.29, 1.82) is 0 Å². The number of phenolic OH excluding ortho intramolecular Hbond substituents is 6. The Hall–Kier alpha value is -6.74. The number of aromatic hydroxyl groups is 6. The van der Waals surface area contributed by atoms with Gasteiger partial charge in [0.1, 0.15) is 69.5 Å². The molecule has 0 fully saturated rings. The molecule has 51 heavy (non-hydrogen) atoms. The number of benzene rings is 6. The van der Waals surface area contributed by atoms with E-state index in [1.807, 2.05) is 6.07 Å². The molecule has 6 N–H and O–H groups in total. The van der Waals surface area contributed by atoms with Crippen molar-refractivity contribution in [2.75, 3.05) is 0 Å². The van der Waals surface area contributed by atoms with Crippen LogP contribution in [0.5, 0.6) is 46.0 Å². The first kappa shape index (κ1) is 29.2. The van der Waals surface area contributed by atoms with Crippen LogP contribution in [0.2, 0.25) is 0 Å². The van der Waals surface area contributed by atoms with Crippen LogP contribution < -0.4 is 9.47 Å². The standard InChI is InChI=1S/C42H28O9/c43-22-8-4-19(5-9-22)40-37-28-13-25(46)16-31-34(28)38(41(49-31)20-6-10-23(44)11-7-20)29-14-26(47)18-33-36(29)39(30-15-27(48)17-32(50-40)35(30)37)42(51-33)21-2-1-3-24(45)12-21/h1-18,38-39,41-48H. The third-order valence-corrected chi connectivity index (χ3v) is 10.3. The molecule has 6 aromatic carbocycles. The van der Waals surface area contributed by atoms with Gasteiger partial charge in [0, 0.05) is 45.8 Å². The minimum atomic E-state index is -0.707. The van der Waals surface area contributed by atoms with Crippen LogP contribution in [0, 0.1) is 0 Å². The molecule has 3 heterocycles. The molecule has 0 saturated carbocycles. The monoisotopic (exact) mass is 676 g/mol. The minimum absolute atomic E-state index is 0.0238. The fourth-order valence-corrected chi connectivity index (χ4v) is 8.36. The molecular weight excluding hydrogens is 648 g/mol. The fraction of sp³-hybridized carbons (Fsp3) is 0.0952. The van der Waals surface area contributed by atoms with Crippen molar-refractivity contribution in [3.63, 3.8) is 0 Å². The number of ether oxygens (including phenoxy) is 2. The van der Waals surface area contributed by atoms with Crippen LogP contribution in [0.25, 0.3) is 33.4 Å². The highest BCUT2D eigenvalue weighted by atomic mass is 16.5. The van der Waals surface area contributed by atoms with Crippen molar-refractivity contribution >= 4 is 11.0 Å². The first-order chi connectivity index (χ1) is 24.7. The molecule has 9 nitrogen and oxygen atoms in total. The summed E-state index contributed by atoms with van der Waals surface area (Å²) in [4.78, 5) is 0. The van der Waals surface area contributed by atoms with Crippen LogP contribution in [0.3, 0.4) is 0 Å². The van der Waals surface area contributed by atoms with Crippen molar-refractivity contribution < 1.29 is 44.5 Å². The summed E-state index contributed by atoms with van der Waals surface area (Å²) in [7, 11) is 0. The lowest BCUT2D eigenvalue weighted by Gasteiger charge is -2.25. The summed E-state index contributed by atoms with van der Waals surface area (Å²) in [5, 5.41) is 65.5. The maximum absolute atomic E-state index is 11.3. The number of phenols is 6. The van der Waals surface area contributed by atoms with Gasteiger partial charge >= 0.3 is 0 Å². The van der Waals surface area contributed by atoms with Crippen LogP contribution in [0.4, 0.5) is 0 Å². The number of hydrogen-bond donors (Lipinski definition) is 6. The van der Waals surface area contributed by atoms with E-state index in [0.717, 1.165) is 16.7 Å². The Morgan fingerprint density at radius 2 is 1.08 bits per heavy atom. The quantitative estimate of drug-likeness (QED) is 0.108. The molecular formula is C42H28O9. The van der Waals surface area contributed by atoms with Gasteiger partial charge in [0.25, 0.3) is 0 Å². The zero-order valence-electron chi connectivity index (χ0n) is 26.6. The van der Waals surface area contributed by atoms with E-state index in [-0.39, 0.29) is 34.5 Å². The third kappa shape index (κ3) is 4.27. The largest absolute Gasteiger partial charge is 0.508 e. The molecule has 1 aliphatic carbocycles. The summed E-state index contributed by atoms with van der Waals surface area (Å²) in [5.41, 5.74) is 6.61. The summed E-state index contributed by atoms with van der Waals surface area (Å²) >= 11 is 0. The van der Waals surface area contributed by atoms with E-state index >= 15 is 0 Å². The molecule has 10 rings (SSSR count). The average molecular weight is 677 g/mol. The van der Waals surface area contributed by atoms with Gasteiger partial charge in [0.2, 0.25) is 0 Å². The molecule has 7 aromatic rings. The van der Waals surface area contributed by atoms with E-state index in [1.54, 1.807) is 103 Å². The van der Waals surface area contributed by atoms with Crippen molar-refractivity contribution in [2.45, 2.75) is 24.0 Å². The highest BCUT2D eigenvalue weighted by Gasteiger charge is 2.48. The highest BCUT2D eigenvalue weighted by Crippen LogP contribution is 2.64. The third-order valence-electron chi connectivity index (χ3n) is 10.3. The number of rotatable bonds is 3. The lowest BCUT2D eigenvalue weighted by Crippen LogP contribution is -2.16. The molecule has 0 bridgehead atoms. The summed E-state index contributed by atoms with van der Waals surface area (Å²) < 4.78 is 20.1. The van der Waals surface area contributed by atoms with Gasteiger partial charge in [0.15, 0.2) is 0 Å². The van der Waals surface area contributed by atoms with Crippen LogP contribution in [-0.2, 0) is 0 Å². The second-order valence-electron chi connectivity index (χ2n) is 13.3. The van der Waals surface area contributed by atoms with Gasteiger partial charge in [-0.3, -0.25) is 0 Å². The Labute approximate surface area is 290 Å². The summed E-state index contributed by atoms with van der Waals surface area (Å²) in [5.74, 6) is 0.267. The number of fused-ring (bicyclic) bond motifs is 3. The second kappa shape index (κ2) is 10.4. The second-order valence-corrected chi connectivity index (χ2v) is 13.3. The zero-order valence-corrected chi connectivity index (χ0v) is 26.6. The fourth-order valence-electron chi connectivity index (χ4n) is 8.36. The first-order valence-electron chi connectivity index (χ1n) is 16.5. The number of hydrogen-bond acceptors (Lipinski definition) is 9. The van der Waals surface area contributed by atoms with Gasteiger partial charge in [-0.15, -0.1) is 0 Å². The average Bonchev–Trinajstić information content (AvgIpc) is 3.80. The highest BCUT2D eigenvalue weighted by molar-refractivity contribution is 6.06.